The van der Waals surface area contributed by atoms with Crippen LogP contribution in [0.3, 0.4) is 0 Å². The van der Waals surface area contributed by atoms with Crippen LogP contribution in [0.2, 0.25) is 0 Å². The summed E-state index contributed by atoms with van der Waals surface area (Å²) in [5.74, 6) is -1.15. The average molecular weight is 715 g/mol. The van der Waals surface area contributed by atoms with Crippen LogP contribution in [0.15, 0.2) is 66.7 Å². The van der Waals surface area contributed by atoms with Crippen LogP contribution in [-0.2, 0) is 36.8 Å². The summed E-state index contributed by atoms with van der Waals surface area (Å²) in [5, 5.41) is 50.8. The largest absolute Gasteiger partial charge is 0.465 e. The van der Waals surface area contributed by atoms with Gasteiger partial charge >= 0.3 is 11.9 Å². The molecular weight excluding hydrogens is 660 g/mol. The average Bonchev–Trinajstić information content (AvgIpc) is 3.38. The SMILES string of the molecule is CC(NC(=O)CCC/C=C\C[C@@H]1[C@@H](CC[C@@H](O)CCc2ccccc2)[C@H](O)C[C@@H]1O)C(=O)Oc1ccc(CCOC(=O)CCCON(O)O)cc1. The number of hydrogen-bond acceptors (Lipinski definition) is 12. The molecule has 0 saturated heterocycles. The molecular formula is C38H54N2O11. The summed E-state index contributed by atoms with van der Waals surface area (Å²) < 4.78 is 10.5. The van der Waals surface area contributed by atoms with Gasteiger partial charge in [0.25, 0.3) is 0 Å². The van der Waals surface area contributed by atoms with Crippen molar-refractivity contribution < 1.29 is 54.4 Å². The maximum absolute atomic E-state index is 12.5. The molecule has 0 spiro atoms. The molecule has 6 atom stereocenters. The number of unbranched alkanes of at least 4 members (excludes halogenated alkanes) is 1. The molecule has 1 aliphatic rings. The summed E-state index contributed by atoms with van der Waals surface area (Å²) in [6, 6.07) is 15.9. The highest BCUT2D eigenvalue weighted by molar-refractivity contribution is 5.85. The van der Waals surface area contributed by atoms with E-state index in [1.54, 1.807) is 31.2 Å². The second kappa shape index (κ2) is 23.0. The van der Waals surface area contributed by atoms with Crippen LogP contribution in [0.1, 0.15) is 82.3 Å². The smallest absolute Gasteiger partial charge is 0.333 e. The third-order valence-electron chi connectivity index (χ3n) is 9.07. The van der Waals surface area contributed by atoms with Crippen LogP contribution in [0.25, 0.3) is 0 Å². The number of ether oxygens (including phenoxy) is 2. The van der Waals surface area contributed by atoms with Gasteiger partial charge < -0.3 is 30.1 Å². The van der Waals surface area contributed by atoms with Crippen molar-refractivity contribution in [2.24, 2.45) is 11.8 Å². The van der Waals surface area contributed by atoms with Gasteiger partial charge in [0.15, 0.2) is 0 Å². The number of hydrogen-bond donors (Lipinski definition) is 6. The van der Waals surface area contributed by atoms with Crippen molar-refractivity contribution in [2.75, 3.05) is 13.2 Å². The van der Waals surface area contributed by atoms with Crippen molar-refractivity contribution in [2.45, 2.75) is 108 Å². The Labute approximate surface area is 299 Å². The summed E-state index contributed by atoms with van der Waals surface area (Å²) in [6.45, 7) is 1.66. The van der Waals surface area contributed by atoms with Gasteiger partial charge in [-0.15, -0.1) is 0 Å². The molecule has 2 aromatic rings. The number of allylic oxidation sites excluding steroid dienone is 2. The summed E-state index contributed by atoms with van der Waals surface area (Å²) in [6.07, 6.45) is 8.19. The van der Waals surface area contributed by atoms with E-state index in [4.69, 9.17) is 19.9 Å². The van der Waals surface area contributed by atoms with Crippen molar-refractivity contribution in [3.05, 3.63) is 77.9 Å². The molecule has 0 radical (unpaired) electrons. The van der Waals surface area contributed by atoms with E-state index < -0.39 is 41.7 Å². The van der Waals surface area contributed by atoms with E-state index in [1.165, 1.54) is 5.56 Å². The molecule has 0 aliphatic heterocycles. The third kappa shape index (κ3) is 16.5. The number of esters is 2. The van der Waals surface area contributed by atoms with Crippen molar-refractivity contribution >= 4 is 17.8 Å². The number of aliphatic hydroxyl groups is 3. The molecule has 1 fully saturated rings. The predicted octanol–water partition coefficient (Wildman–Crippen LogP) is 4.22. The van der Waals surface area contributed by atoms with Gasteiger partial charge in [0.2, 0.25) is 5.91 Å². The number of carbonyl (C=O) groups excluding carboxylic acids is 3. The highest BCUT2D eigenvalue weighted by Crippen LogP contribution is 2.38. The van der Waals surface area contributed by atoms with Gasteiger partial charge in [-0.25, -0.2) is 4.79 Å². The van der Waals surface area contributed by atoms with E-state index in [-0.39, 0.29) is 50.2 Å². The number of nitrogens with one attached hydrogen (secondary N) is 1. The first-order chi connectivity index (χ1) is 24.5. The van der Waals surface area contributed by atoms with Crippen molar-refractivity contribution in [1.29, 1.82) is 0 Å². The first kappa shape index (κ1) is 41.7. The zero-order valence-electron chi connectivity index (χ0n) is 29.3. The van der Waals surface area contributed by atoms with Crippen LogP contribution in [0.5, 0.6) is 5.75 Å². The fraction of sp³-hybridized carbons (Fsp3) is 0.553. The van der Waals surface area contributed by atoms with Gasteiger partial charge in [-0.3, -0.25) is 24.8 Å². The van der Waals surface area contributed by atoms with Crippen molar-refractivity contribution in [1.82, 2.24) is 10.7 Å². The van der Waals surface area contributed by atoms with Crippen LogP contribution in [0, 0.1) is 11.8 Å². The lowest BCUT2D eigenvalue weighted by atomic mass is 9.85. The van der Waals surface area contributed by atoms with Gasteiger partial charge in [-0.05, 0) is 99.8 Å². The van der Waals surface area contributed by atoms with E-state index in [9.17, 15) is 29.7 Å². The summed E-state index contributed by atoms with van der Waals surface area (Å²) in [7, 11) is 0. The van der Waals surface area contributed by atoms with E-state index in [2.05, 4.69) is 10.2 Å². The molecule has 2 aromatic carbocycles. The third-order valence-corrected chi connectivity index (χ3v) is 9.07. The van der Waals surface area contributed by atoms with Gasteiger partial charge in [0.1, 0.15) is 11.8 Å². The van der Waals surface area contributed by atoms with E-state index in [0.29, 0.717) is 57.1 Å². The number of benzene rings is 2. The number of carbonyl (C=O) groups is 3. The minimum atomic E-state index is -0.848. The zero-order valence-corrected chi connectivity index (χ0v) is 29.3. The van der Waals surface area contributed by atoms with Gasteiger partial charge in [-0.1, -0.05) is 54.6 Å². The molecule has 1 saturated carbocycles. The Bertz CT molecular complexity index is 1340. The predicted molar refractivity (Wildman–Crippen MR) is 186 cm³/mol. The number of amides is 1. The zero-order chi connectivity index (χ0) is 37.0. The van der Waals surface area contributed by atoms with Crippen LogP contribution in [-0.4, -0.2) is 86.5 Å². The highest BCUT2D eigenvalue weighted by Gasteiger charge is 2.40. The Morgan fingerprint density at radius 1 is 0.882 bits per heavy atom. The molecule has 1 aliphatic carbocycles. The summed E-state index contributed by atoms with van der Waals surface area (Å²) in [5.41, 5.74) is 2.04. The van der Waals surface area contributed by atoms with Crippen LogP contribution in [0.4, 0.5) is 0 Å². The van der Waals surface area contributed by atoms with Gasteiger partial charge in [0.05, 0.1) is 36.9 Å². The Balaban J connectivity index is 1.27. The molecule has 51 heavy (non-hydrogen) atoms. The van der Waals surface area contributed by atoms with E-state index in [0.717, 1.165) is 12.0 Å². The molecule has 13 heteroatoms. The number of aliphatic hydroxyl groups excluding tert-OH is 3. The minimum absolute atomic E-state index is 0.0465. The lowest BCUT2D eigenvalue weighted by Gasteiger charge is -2.23. The maximum Gasteiger partial charge on any atom is 0.333 e. The van der Waals surface area contributed by atoms with Gasteiger partial charge in [-0.2, -0.15) is 0 Å². The number of rotatable bonds is 23. The molecule has 0 heterocycles. The maximum atomic E-state index is 12.5. The lowest BCUT2D eigenvalue weighted by Crippen LogP contribution is -2.40. The fourth-order valence-corrected chi connectivity index (χ4v) is 6.18. The lowest BCUT2D eigenvalue weighted by molar-refractivity contribution is -0.492. The molecule has 282 valence electrons. The van der Waals surface area contributed by atoms with Gasteiger partial charge in [0, 0.05) is 19.3 Å². The van der Waals surface area contributed by atoms with Crippen LogP contribution >= 0.6 is 0 Å². The molecule has 13 nitrogen and oxygen atoms in total. The number of aryl methyl sites for hydroxylation is 1. The first-order valence-electron chi connectivity index (χ1n) is 17.8. The normalized spacial score (nSPS) is 20.0. The second-order valence-corrected chi connectivity index (χ2v) is 13.1. The quantitative estimate of drug-likeness (QED) is 0.0316. The topological polar surface area (TPSA) is 195 Å². The van der Waals surface area contributed by atoms with E-state index in [1.807, 2.05) is 42.5 Å². The van der Waals surface area contributed by atoms with E-state index >= 15 is 0 Å². The number of nitrogens with zero attached hydrogens (tertiary/aromatic N) is 1. The summed E-state index contributed by atoms with van der Waals surface area (Å²) >= 11 is 0. The molecule has 1 amide bonds. The monoisotopic (exact) mass is 714 g/mol. The minimum Gasteiger partial charge on any atom is -0.465 e. The van der Waals surface area contributed by atoms with Crippen molar-refractivity contribution in [3.63, 3.8) is 0 Å². The Hall–Kier alpha value is -3.69. The molecule has 6 N–H and O–H groups in total. The Morgan fingerprint density at radius 2 is 1.59 bits per heavy atom. The fourth-order valence-electron chi connectivity index (χ4n) is 6.18. The molecule has 1 unspecified atom stereocenters. The van der Waals surface area contributed by atoms with Crippen LogP contribution < -0.4 is 10.1 Å². The Morgan fingerprint density at radius 3 is 2.31 bits per heavy atom. The molecule has 0 bridgehead atoms. The molecule has 0 aromatic heterocycles. The van der Waals surface area contributed by atoms with Crippen molar-refractivity contribution in [3.8, 4) is 5.75 Å². The second-order valence-electron chi connectivity index (χ2n) is 13.1. The first-order valence-corrected chi connectivity index (χ1v) is 17.8. The summed E-state index contributed by atoms with van der Waals surface area (Å²) in [4.78, 5) is 41.0. The Kier molecular flexibility index (Phi) is 18.8. The highest BCUT2D eigenvalue weighted by atomic mass is 17.1. The standard InChI is InChI=1S/C38H54N2O11/c1-27(38(46)51-31-20-16-29(17-21-31)23-25-49-37(45)14-9-24-50-40(47)48)39-36(44)13-8-3-2-7-12-32-33(35(43)26-34(32)42)22-19-30(41)18-15-28-10-5-4-6-11-28/h2,4-7,10-11,16-17,20-21,27,30,32-35,41-43,47-48H,3,8-9,12-15,18-19,22-26H2,1H3,(H,39,44)/b7-2-/t27?,30-,32+,33+,34-,35+/m0/s1. The molecule has 3 rings (SSSR count).